The maximum atomic E-state index is 12.5. The van der Waals surface area contributed by atoms with Crippen LogP contribution in [-0.4, -0.2) is 48.2 Å². The Hall–Kier alpha value is -3.69. The van der Waals surface area contributed by atoms with Gasteiger partial charge in [-0.25, -0.2) is 9.97 Å². The molecule has 1 aromatic heterocycles. The highest BCUT2D eigenvalue weighted by Crippen LogP contribution is 2.28. The Bertz CT molecular complexity index is 1130. The Morgan fingerprint density at radius 3 is 2.70 bits per heavy atom. The van der Waals surface area contributed by atoms with E-state index in [-0.39, 0.29) is 5.91 Å². The van der Waals surface area contributed by atoms with Gasteiger partial charge in [-0.1, -0.05) is 0 Å². The van der Waals surface area contributed by atoms with Crippen LogP contribution >= 0.6 is 0 Å². The molecule has 2 aromatic carbocycles. The molecule has 3 aliphatic heterocycles. The van der Waals surface area contributed by atoms with Crippen LogP contribution in [0.25, 0.3) is 11.3 Å². The molecule has 9 heteroatoms. The lowest BCUT2D eigenvalue weighted by molar-refractivity contribution is -0.129. The lowest BCUT2D eigenvalue weighted by Gasteiger charge is -2.31. The first kappa shape index (κ1) is 21.2. The van der Waals surface area contributed by atoms with Gasteiger partial charge in [-0.2, -0.15) is 5.48 Å². The van der Waals surface area contributed by atoms with E-state index in [1.165, 1.54) is 0 Å². The standard InChI is InChI=1S/C24H26N6O3/c1-16-23(31)29-33-20-5-2-17(3-6-20)21-8-9-25-24(28-21)27-19-4-7-22(18(14-19)15-26-16)30-10-12-32-13-11-30/h2-9,14,16,26H,10-13,15H2,1H3,(H,29,31)(H,25,27,28)/t16-/m0/s1. The molecular weight excluding hydrogens is 420 g/mol. The quantitative estimate of drug-likeness (QED) is 0.525. The molecule has 3 N–H and O–H groups in total. The number of nitrogens with one attached hydrogen (secondary N) is 3. The maximum Gasteiger partial charge on any atom is 0.269 e. The number of nitrogens with zero attached hydrogens (tertiary/aromatic N) is 3. The van der Waals surface area contributed by atoms with Gasteiger partial charge in [-0.3, -0.25) is 4.79 Å². The highest BCUT2D eigenvalue weighted by atomic mass is 16.7. The van der Waals surface area contributed by atoms with Crippen LogP contribution in [0.1, 0.15) is 12.5 Å². The summed E-state index contributed by atoms with van der Waals surface area (Å²) in [7, 11) is 0. The number of hydrogen-bond donors (Lipinski definition) is 3. The van der Waals surface area contributed by atoms with Crippen LogP contribution in [0.5, 0.6) is 5.75 Å². The van der Waals surface area contributed by atoms with Crippen LogP contribution in [0.4, 0.5) is 17.3 Å². The van der Waals surface area contributed by atoms with Gasteiger partial charge < -0.3 is 25.1 Å². The van der Waals surface area contributed by atoms with E-state index in [0.717, 1.165) is 41.3 Å². The molecule has 0 spiro atoms. The van der Waals surface area contributed by atoms with Crippen molar-refractivity contribution in [3.05, 3.63) is 60.3 Å². The predicted octanol–water partition coefficient (Wildman–Crippen LogP) is 2.63. The van der Waals surface area contributed by atoms with Crippen LogP contribution in [0.3, 0.4) is 0 Å². The summed E-state index contributed by atoms with van der Waals surface area (Å²) in [5.74, 6) is 0.806. The topological polar surface area (TPSA) is 101 Å². The average Bonchev–Trinajstić information content (AvgIpc) is 2.86. The minimum Gasteiger partial charge on any atom is -0.379 e. The van der Waals surface area contributed by atoms with E-state index in [1.807, 2.05) is 31.2 Å². The molecule has 3 aromatic rings. The van der Waals surface area contributed by atoms with Crippen molar-refractivity contribution >= 4 is 23.2 Å². The van der Waals surface area contributed by atoms with Gasteiger partial charge in [-0.15, -0.1) is 0 Å². The molecule has 3 aliphatic rings. The van der Waals surface area contributed by atoms with E-state index in [2.05, 4.69) is 43.1 Å². The molecule has 0 radical (unpaired) electrons. The number of amides is 1. The molecule has 1 amide bonds. The van der Waals surface area contributed by atoms with E-state index >= 15 is 0 Å². The minimum atomic E-state index is -0.451. The van der Waals surface area contributed by atoms with Crippen LogP contribution in [0.15, 0.2) is 54.7 Å². The summed E-state index contributed by atoms with van der Waals surface area (Å²) < 4.78 is 5.51. The van der Waals surface area contributed by atoms with Gasteiger partial charge in [0.05, 0.1) is 24.9 Å². The lowest BCUT2D eigenvalue weighted by atomic mass is 10.1. The second kappa shape index (κ2) is 9.43. The Labute approximate surface area is 192 Å². The highest BCUT2D eigenvalue weighted by Gasteiger charge is 2.18. The SMILES string of the molecule is C[C@@H]1NCc2cc(ccc2N2CCOCC2)Nc2nccc(n2)-c2ccc(cc2)ONC1=O. The number of carbonyl (C=O) groups is 1. The fraction of sp³-hybridized carbons (Fsp3) is 0.292. The number of ether oxygens (including phenoxy) is 1. The van der Waals surface area contributed by atoms with E-state index in [9.17, 15) is 4.79 Å². The number of rotatable bonds is 1. The van der Waals surface area contributed by atoms with Crippen molar-refractivity contribution in [2.45, 2.75) is 19.5 Å². The molecule has 0 saturated carbocycles. The minimum absolute atomic E-state index is 0.247. The highest BCUT2D eigenvalue weighted by molar-refractivity contribution is 5.80. The Morgan fingerprint density at radius 1 is 1.06 bits per heavy atom. The van der Waals surface area contributed by atoms with E-state index < -0.39 is 6.04 Å². The Balaban J connectivity index is 1.51. The molecule has 1 fully saturated rings. The summed E-state index contributed by atoms with van der Waals surface area (Å²) in [6, 6.07) is 15.0. The van der Waals surface area contributed by atoms with Crippen molar-refractivity contribution in [2.75, 3.05) is 36.5 Å². The van der Waals surface area contributed by atoms with Gasteiger partial charge >= 0.3 is 0 Å². The van der Waals surface area contributed by atoms with Crippen LogP contribution in [0, 0.1) is 0 Å². The first-order chi connectivity index (χ1) is 16.2. The Kier molecular flexibility index (Phi) is 6.05. The predicted molar refractivity (Wildman–Crippen MR) is 125 cm³/mol. The molecule has 1 atom stereocenters. The fourth-order valence-corrected chi connectivity index (χ4v) is 3.87. The molecule has 0 unspecified atom stereocenters. The van der Waals surface area contributed by atoms with E-state index in [1.54, 1.807) is 18.3 Å². The molecule has 170 valence electrons. The van der Waals surface area contributed by atoms with Crippen molar-refractivity contribution in [2.24, 2.45) is 0 Å². The zero-order chi connectivity index (χ0) is 22.6. The number of hydrogen-bond acceptors (Lipinski definition) is 8. The van der Waals surface area contributed by atoms with E-state index in [4.69, 9.17) is 9.57 Å². The van der Waals surface area contributed by atoms with Crippen molar-refractivity contribution in [1.82, 2.24) is 20.8 Å². The van der Waals surface area contributed by atoms with Crippen molar-refractivity contribution < 1.29 is 14.4 Å². The van der Waals surface area contributed by atoms with Gasteiger partial charge in [0.25, 0.3) is 5.91 Å². The molecule has 6 bridgehead atoms. The number of anilines is 3. The number of hydroxylamine groups is 1. The fourth-order valence-electron chi connectivity index (χ4n) is 3.87. The lowest BCUT2D eigenvalue weighted by Crippen LogP contribution is -2.43. The molecule has 9 nitrogen and oxygen atoms in total. The third-order valence-electron chi connectivity index (χ3n) is 5.75. The number of carbonyl (C=O) groups excluding carboxylic acids is 1. The van der Waals surface area contributed by atoms with Crippen molar-refractivity contribution in [1.29, 1.82) is 0 Å². The first-order valence-corrected chi connectivity index (χ1v) is 11.0. The molecule has 0 aliphatic carbocycles. The number of benzene rings is 2. The number of fused-ring (bicyclic) bond motifs is 7. The molecule has 6 rings (SSSR count). The summed E-state index contributed by atoms with van der Waals surface area (Å²) in [6.07, 6.45) is 1.73. The second-order valence-electron chi connectivity index (χ2n) is 8.03. The smallest absolute Gasteiger partial charge is 0.269 e. The maximum absolute atomic E-state index is 12.5. The van der Waals surface area contributed by atoms with Gasteiger partial charge in [0, 0.05) is 42.8 Å². The average molecular weight is 447 g/mol. The third-order valence-corrected chi connectivity index (χ3v) is 5.75. The van der Waals surface area contributed by atoms with Gasteiger partial charge in [0.1, 0.15) is 0 Å². The Morgan fingerprint density at radius 2 is 1.88 bits per heavy atom. The number of morpholine rings is 1. The zero-order valence-electron chi connectivity index (χ0n) is 18.4. The second-order valence-corrected chi connectivity index (χ2v) is 8.03. The molecule has 4 heterocycles. The summed E-state index contributed by atoms with van der Waals surface area (Å²) in [6.45, 7) is 5.36. The first-order valence-electron chi connectivity index (χ1n) is 11.0. The molecule has 33 heavy (non-hydrogen) atoms. The summed E-state index contributed by atoms with van der Waals surface area (Å²) in [4.78, 5) is 29.4. The van der Waals surface area contributed by atoms with Crippen molar-refractivity contribution in [3.63, 3.8) is 0 Å². The van der Waals surface area contributed by atoms with Gasteiger partial charge in [0.15, 0.2) is 5.75 Å². The molecule has 1 saturated heterocycles. The van der Waals surface area contributed by atoms with Crippen LogP contribution in [0.2, 0.25) is 0 Å². The number of aromatic nitrogens is 2. The van der Waals surface area contributed by atoms with Gasteiger partial charge in [-0.05, 0) is 61.0 Å². The summed E-state index contributed by atoms with van der Waals surface area (Å²) >= 11 is 0. The summed E-state index contributed by atoms with van der Waals surface area (Å²) in [5, 5.41) is 6.63. The summed E-state index contributed by atoms with van der Waals surface area (Å²) in [5.41, 5.74) is 7.29. The normalized spacial score (nSPS) is 18.6. The third kappa shape index (κ3) is 4.89. The van der Waals surface area contributed by atoms with E-state index in [0.29, 0.717) is 31.5 Å². The zero-order valence-corrected chi connectivity index (χ0v) is 18.4. The van der Waals surface area contributed by atoms with Crippen LogP contribution in [-0.2, 0) is 16.1 Å². The molecular formula is C24H26N6O3. The van der Waals surface area contributed by atoms with Crippen molar-refractivity contribution in [3.8, 4) is 17.0 Å². The monoisotopic (exact) mass is 446 g/mol. The largest absolute Gasteiger partial charge is 0.379 e. The van der Waals surface area contributed by atoms with Crippen LogP contribution < -0.4 is 25.9 Å². The van der Waals surface area contributed by atoms with Gasteiger partial charge in [0.2, 0.25) is 5.95 Å².